The summed E-state index contributed by atoms with van der Waals surface area (Å²) in [5.74, 6) is 1.53. The Hall–Kier alpha value is -4.43. The molecule has 2 aromatic heterocycles. The number of rotatable bonds is 9. The monoisotopic (exact) mass is 510 g/mol. The average Bonchev–Trinajstić information content (AvgIpc) is 3.38. The Bertz CT molecular complexity index is 1520. The van der Waals surface area contributed by atoms with Crippen molar-refractivity contribution in [1.82, 2.24) is 9.97 Å². The molecule has 0 spiro atoms. The van der Waals surface area contributed by atoms with Gasteiger partial charge in [0.05, 0.1) is 30.0 Å². The fourth-order valence-electron chi connectivity index (χ4n) is 3.92. The smallest absolute Gasteiger partial charge is 0.255 e. The van der Waals surface area contributed by atoms with Crippen molar-refractivity contribution in [3.8, 4) is 21.9 Å². The van der Waals surface area contributed by atoms with E-state index in [-0.39, 0.29) is 5.91 Å². The summed E-state index contributed by atoms with van der Waals surface area (Å²) in [7, 11) is 0. The number of carbonyl (C=O) groups excluding carboxylic acids is 1. The second-order valence-corrected chi connectivity index (χ2v) is 9.10. The van der Waals surface area contributed by atoms with E-state index in [0.29, 0.717) is 47.5 Å². The van der Waals surface area contributed by atoms with Crippen LogP contribution in [0.2, 0.25) is 0 Å². The number of nitrogens with zero attached hydrogens (tertiary/aromatic N) is 2. The van der Waals surface area contributed by atoms with E-state index in [2.05, 4.69) is 38.8 Å². The Morgan fingerprint density at radius 2 is 1.49 bits per heavy atom. The minimum atomic E-state index is -0.228. The summed E-state index contributed by atoms with van der Waals surface area (Å²) in [5, 5.41) is 7.28. The van der Waals surface area contributed by atoms with Crippen molar-refractivity contribution in [2.24, 2.45) is 0 Å². The third kappa shape index (κ3) is 5.39. The molecule has 5 aromatic rings. The summed E-state index contributed by atoms with van der Waals surface area (Å²) in [5.41, 5.74) is 2.89. The van der Waals surface area contributed by atoms with Gasteiger partial charge in [-0.15, -0.1) is 11.3 Å². The molecule has 0 bridgehead atoms. The van der Waals surface area contributed by atoms with E-state index in [1.165, 1.54) is 0 Å². The highest BCUT2D eigenvalue weighted by atomic mass is 32.1. The Labute approximate surface area is 219 Å². The summed E-state index contributed by atoms with van der Waals surface area (Å²) in [4.78, 5) is 23.8. The molecule has 1 amide bonds. The van der Waals surface area contributed by atoms with E-state index in [0.717, 1.165) is 20.7 Å². The molecule has 0 atom stereocenters. The highest BCUT2D eigenvalue weighted by Gasteiger charge is 2.17. The Balaban J connectivity index is 1.51. The summed E-state index contributed by atoms with van der Waals surface area (Å²) in [6.07, 6.45) is 1.55. The summed E-state index contributed by atoms with van der Waals surface area (Å²) < 4.78 is 11.8. The predicted octanol–water partition coefficient (Wildman–Crippen LogP) is 7.15. The van der Waals surface area contributed by atoms with Gasteiger partial charge in [-0.05, 0) is 37.6 Å². The molecule has 0 aliphatic rings. The number of anilines is 3. The lowest BCUT2D eigenvalue weighted by Crippen LogP contribution is -2.13. The van der Waals surface area contributed by atoms with Crippen molar-refractivity contribution in [3.63, 3.8) is 0 Å². The first-order chi connectivity index (χ1) is 18.2. The highest BCUT2D eigenvalue weighted by molar-refractivity contribution is 7.21. The zero-order valence-corrected chi connectivity index (χ0v) is 21.3. The lowest BCUT2D eigenvalue weighted by Gasteiger charge is -2.18. The summed E-state index contributed by atoms with van der Waals surface area (Å²) >= 11 is 1.61. The van der Waals surface area contributed by atoms with Gasteiger partial charge in [0.25, 0.3) is 5.91 Å². The second kappa shape index (κ2) is 11.1. The van der Waals surface area contributed by atoms with Crippen molar-refractivity contribution in [2.75, 3.05) is 23.8 Å². The standard InChI is InChI=1S/C29H26N4O3S/c1-3-35-24-17-23(33-28(34)20-13-9-6-10-14-20)25(36-4-2)16-22(24)32-27-21-15-26(19-11-7-5-8-12-19)37-29(21)31-18-30-27/h5-18H,3-4H2,1-2H3,(H,33,34)(H,30,31,32). The molecule has 7 nitrogen and oxygen atoms in total. The maximum absolute atomic E-state index is 12.8. The van der Waals surface area contributed by atoms with Crippen LogP contribution in [0.25, 0.3) is 20.7 Å². The van der Waals surface area contributed by atoms with E-state index < -0.39 is 0 Å². The number of carbonyl (C=O) groups is 1. The fourth-order valence-corrected chi connectivity index (χ4v) is 4.92. The van der Waals surface area contributed by atoms with Gasteiger partial charge in [0.1, 0.15) is 28.5 Å². The quantitative estimate of drug-likeness (QED) is 0.219. The minimum absolute atomic E-state index is 0.228. The number of thiophene rings is 1. The molecule has 0 radical (unpaired) electrons. The van der Waals surface area contributed by atoms with Crippen LogP contribution in [0.15, 0.2) is 85.2 Å². The zero-order valence-electron chi connectivity index (χ0n) is 20.5. The van der Waals surface area contributed by atoms with E-state index >= 15 is 0 Å². The van der Waals surface area contributed by atoms with Crippen LogP contribution in [-0.4, -0.2) is 29.1 Å². The number of nitrogens with one attached hydrogen (secondary N) is 2. The molecular weight excluding hydrogens is 484 g/mol. The van der Waals surface area contributed by atoms with Crippen LogP contribution in [0.4, 0.5) is 17.2 Å². The largest absolute Gasteiger partial charge is 0.492 e. The molecule has 0 aliphatic heterocycles. The van der Waals surface area contributed by atoms with Crippen LogP contribution in [0, 0.1) is 0 Å². The second-order valence-electron chi connectivity index (χ2n) is 8.07. The van der Waals surface area contributed by atoms with Gasteiger partial charge < -0.3 is 20.1 Å². The summed E-state index contributed by atoms with van der Waals surface area (Å²) in [6, 6.07) is 24.9. The van der Waals surface area contributed by atoms with Gasteiger partial charge >= 0.3 is 0 Å². The van der Waals surface area contributed by atoms with Crippen molar-refractivity contribution in [2.45, 2.75) is 13.8 Å². The molecule has 37 heavy (non-hydrogen) atoms. The van der Waals surface area contributed by atoms with Crippen molar-refractivity contribution < 1.29 is 14.3 Å². The molecule has 0 aliphatic carbocycles. The van der Waals surface area contributed by atoms with Crippen molar-refractivity contribution in [3.05, 3.63) is 90.8 Å². The molecule has 2 N–H and O–H groups in total. The molecule has 186 valence electrons. The molecule has 0 unspecified atom stereocenters. The molecule has 3 aromatic carbocycles. The van der Waals surface area contributed by atoms with Crippen LogP contribution in [0.5, 0.6) is 11.5 Å². The third-order valence-electron chi connectivity index (χ3n) is 5.61. The van der Waals surface area contributed by atoms with Gasteiger partial charge in [0.15, 0.2) is 0 Å². The number of fused-ring (bicyclic) bond motifs is 1. The zero-order chi connectivity index (χ0) is 25.6. The normalized spacial score (nSPS) is 10.8. The number of benzene rings is 3. The van der Waals surface area contributed by atoms with Crippen LogP contribution in [-0.2, 0) is 0 Å². The Morgan fingerprint density at radius 1 is 0.838 bits per heavy atom. The lowest BCUT2D eigenvalue weighted by molar-refractivity contribution is 0.102. The van der Waals surface area contributed by atoms with Crippen LogP contribution in [0.1, 0.15) is 24.2 Å². The number of hydrogen-bond donors (Lipinski definition) is 2. The molecular formula is C29H26N4O3S. The molecule has 5 rings (SSSR count). The molecule has 8 heteroatoms. The number of ether oxygens (including phenoxy) is 2. The van der Waals surface area contributed by atoms with Gasteiger partial charge in [-0.1, -0.05) is 48.5 Å². The Morgan fingerprint density at radius 3 is 2.19 bits per heavy atom. The van der Waals surface area contributed by atoms with Gasteiger partial charge in [-0.3, -0.25) is 4.79 Å². The maximum atomic E-state index is 12.8. The lowest BCUT2D eigenvalue weighted by atomic mass is 10.1. The summed E-state index contributed by atoms with van der Waals surface area (Å²) in [6.45, 7) is 4.70. The van der Waals surface area contributed by atoms with E-state index in [1.807, 2.05) is 56.3 Å². The number of amides is 1. The van der Waals surface area contributed by atoms with Crippen LogP contribution >= 0.6 is 11.3 Å². The minimum Gasteiger partial charge on any atom is -0.492 e. The van der Waals surface area contributed by atoms with Gasteiger partial charge in [-0.2, -0.15) is 0 Å². The number of hydrogen-bond acceptors (Lipinski definition) is 7. The first kappa shape index (κ1) is 24.3. The third-order valence-corrected chi connectivity index (χ3v) is 6.70. The highest BCUT2D eigenvalue weighted by Crippen LogP contribution is 2.41. The predicted molar refractivity (Wildman–Crippen MR) is 149 cm³/mol. The topological polar surface area (TPSA) is 85.4 Å². The van der Waals surface area contributed by atoms with Crippen LogP contribution < -0.4 is 20.1 Å². The molecule has 0 saturated heterocycles. The fraction of sp³-hybridized carbons (Fsp3) is 0.138. The Kier molecular flexibility index (Phi) is 7.28. The molecule has 0 fully saturated rings. The SMILES string of the molecule is CCOc1cc(Nc2ncnc3sc(-c4ccccc4)cc23)c(OCC)cc1NC(=O)c1ccccc1. The first-order valence-electron chi connectivity index (χ1n) is 12.0. The van der Waals surface area contributed by atoms with Gasteiger partial charge in [0, 0.05) is 22.6 Å². The average molecular weight is 511 g/mol. The van der Waals surface area contributed by atoms with E-state index in [9.17, 15) is 4.79 Å². The van der Waals surface area contributed by atoms with Crippen molar-refractivity contribution >= 4 is 44.7 Å². The maximum Gasteiger partial charge on any atom is 0.255 e. The van der Waals surface area contributed by atoms with Crippen molar-refractivity contribution in [1.29, 1.82) is 0 Å². The first-order valence-corrected chi connectivity index (χ1v) is 12.8. The van der Waals surface area contributed by atoms with Gasteiger partial charge in [-0.25, -0.2) is 9.97 Å². The van der Waals surface area contributed by atoms with E-state index in [1.54, 1.807) is 35.9 Å². The molecule has 0 saturated carbocycles. The number of aromatic nitrogens is 2. The van der Waals surface area contributed by atoms with Gasteiger partial charge in [0.2, 0.25) is 0 Å². The van der Waals surface area contributed by atoms with E-state index in [4.69, 9.17) is 9.47 Å². The van der Waals surface area contributed by atoms with Crippen LogP contribution in [0.3, 0.4) is 0 Å². The molecule has 2 heterocycles.